The molecule has 0 nitrogen and oxygen atoms in total. The molecule has 2 atom stereocenters. The van der Waals surface area contributed by atoms with Gasteiger partial charge in [-0.15, -0.1) is 0 Å². The Kier molecular flexibility index (Phi) is 10.7. The van der Waals surface area contributed by atoms with Crippen LogP contribution in [0.4, 0.5) is 0 Å². The summed E-state index contributed by atoms with van der Waals surface area (Å²) in [5.41, 5.74) is 17.9. The number of hydrogen-bond acceptors (Lipinski definition) is 0. The predicted octanol–water partition coefficient (Wildman–Crippen LogP) is 12.8. The topological polar surface area (TPSA) is 0 Å². The first-order valence-corrected chi connectivity index (χ1v) is 24.3. The Morgan fingerprint density at radius 3 is 1.30 bits per heavy atom. The number of hydrogen-bond donors (Lipinski definition) is 0. The van der Waals surface area contributed by atoms with Crippen LogP contribution in [0.3, 0.4) is 0 Å². The van der Waals surface area contributed by atoms with E-state index in [9.17, 15) is 0 Å². The van der Waals surface area contributed by atoms with Crippen molar-refractivity contribution >= 4 is 18.1 Å². The van der Waals surface area contributed by atoms with Crippen LogP contribution in [0.15, 0.2) is 96.1 Å². The number of allylic oxidation sites excluding steroid dienone is 2. The Morgan fingerprint density at radius 1 is 0.565 bits per heavy atom. The molecule has 2 unspecified atom stereocenters. The van der Waals surface area contributed by atoms with Crippen molar-refractivity contribution in [2.45, 2.75) is 103 Å². The molecule has 6 rings (SSSR count). The zero-order chi connectivity index (χ0) is 32.4. The van der Waals surface area contributed by atoms with Gasteiger partial charge in [-0.05, 0) is 0 Å². The second kappa shape index (κ2) is 14.7. The van der Waals surface area contributed by atoms with Gasteiger partial charge in [-0.2, -0.15) is 0 Å². The molecule has 2 aliphatic rings. The van der Waals surface area contributed by atoms with Crippen molar-refractivity contribution in [1.29, 1.82) is 0 Å². The Labute approximate surface area is 294 Å². The van der Waals surface area contributed by atoms with E-state index < -0.39 is 5.92 Å². The van der Waals surface area contributed by atoms with Gasteiger partial charge in [0.05, 0.1) is 0 Å². The number of fused-ring (bicyclic) bond motifs is 2. The SMILES string of the molecule is CCCC1=Cc2c(-c3ccc(C(C)C)cc3)cccc2C1C[SiH]([Zr])CC1C(CCC)=Cc2c(-c3ccc(C(C)C)cc3)cccc21. The van der Waals surface area contributed by atoms with Gasteiger partial charge in [0.1, 0.15) is 0 Å². The third kappa shape index (κ3) is 6.86. The molecule has 235 valence electrons. The van der Waals surface area contributed by atoms with Gasteiger partial charge in [-0.3, -0.25) is 0 Å². The van der Waals surface area contributed by atoms with Crippen molar-refractivity contribution in [3.05, 3.63) is 129 Å². The van der Waals surface area contributed by atoms with E-state index in [2.05, 4.69) is 139 Å². The van der Waals surface area contributed by atoms with E-state index in [0.717, 1.165) is 0 Å². The summed E-state index contributed by atoms with van der Waals surface area (Å²) in [5.74, 6) is 1.37. The van der Waals surface area contributed by atoms with Crippen LogP contribution in [0.1, 0.15) is 124 Å². The predicted molar refractivity (Wildman–Crippen MR) is 200 cm³/mol. The maximum atomic E-state index is 2.59. The molecule has 46 heavy (non-hydrogen) atoms. The van der Waals surface area contributed by atoms with Crippen molar-refractivity contribution in [2.24, 2.45) is 0 Å². The van der Waals surface area contributed by atoms with E-state index in [0.29, 0.717) is 23.7 Å². The van der Waals surface area contributed by atoms with Crippen LogP contribution >= 0.6 is 0 Å². The van der Waals surface area contributed by atoms with Crippen LogP contribution in [0.5, 0.6) is 0 Å². The molecule has 0 spiro atoms. The molecule has 0 saturated carbocycles. The van der Waals surface area contributed by atoms with Crippen molar-refractivity contribution in [1.82, 2.24) is 0 Å². The summed E-state index contributed by atoms with van der Waals surface area (Å²) in [7, 11) is 0. The summed E-state index contributed by atoms with van der Waals surface area (Å²) < 4.78 is 0. The molecule has 0 aliphatic heterocycles. The summed E-state index contributed by atoms with van der Waals surface area (Å²) in [4.78, 5) is 0. The Hall–Kier alpha value is -2.54. The molecule has 2 aliphatic carbocycles. The first-order valence-electron chi connectivity index (χ1n) is 17.9. The minimum atomic E-state index is -0.960. The van der Waals surface area contributed by atoms with Gasteiger partial charge >= 0.3 is 297 Å². The molecule has 0 radical (unpaired) electrons. The quantitative estimate of drug-likeness (QED) is 0.129. The minimum absolute atomic E-state index is 0.562. The number of rotatable bonds is 12. The van der Waals surface area contributed by atoms with Gasteiger partial charge in [-0.25, -0.2) is 0 Å². The summed E-state index contributed by atoms with van der Waals surface area (Å²) in [6, 6.07) is 35.7. The van der Waals surface area contributed by atoms with E-state index in [1.807, 2.05) is 23.9 Å². The average Bonchev–Trinajstić information content (AvgIpc) is 3.58. The molecule has 0 heterocycles. The van der Waals surface area contributed by atoms with E-state index in [4.69, 9.17) is 0 Å². The molecule has 0 bridgehead atoms. The van der Waals surface area contributed by atoms with Crippen molar-refractivity contribution < 1.29 is 23.9 Å². The van der Waals surface area contributed by atoms with Gasteiger partial charge in [0, 0.05) is 0 Å². The Balaban J connectivity index is 1.27. The molecule has 4 aromatic carbocycles. The summed E-state index contributed by atoms with van der Waals surface area (Å²) >= 11 is 1.82. The molecule has 0 N–H and O–H groups in total. The van der Waals surface area contributed by atoms with Crippen molar-refractivity contribution in [2.75, 3.05) is 0 Å². The average molecular weight is 699 g/mol. The van der Waals surface area contributed by atoms with Crippen LogP contribution in [-0.4, -0.2) is 5.92 Å². The van der Waals surface area contributed by atoms with Gasteiger partial charge in [0.2, 0.25) is 0 Å². The van der Waals surface area contributed by atoms with E-state index in [1.54, 1.807) is 22.3 Å². The first kappa shape index (κ1) is 33.4. The normalized spacial score (nSPS) is 17.6. The van der Waals surface area contributed by atoms with E-state index >= 15 is 0 Å². The summed E-state index contributed by atoms with van der Waals surface area (Å²) in [6.07, 6.45) is 10.1. The standard InChI is InChI=1S/C44H51Si.Zr/c1-7-11-35-25-41-37(33-21-17-31(18-22-33)29(3)4)13-9-15-39(41)43(35)27-45-28-44-36(12-8-2)26-42-38(14-10-16-40(42)44)34-23-19-32(20-24-34)30(5)6;/h9-10,13-26,29-30,43-45H,7-8,11-12,27-28H2,1-6H3;. The zero-order valence-electron chi connectivity index (χ0n) is 28.9. The van der Waals surface area contributed by atoms with Gasteiger partial charge in [0.15, 0.2) is 0 Å². The molecular formula is C44H51SiZr. The maximum absolute atomic E-state index is 2.59. The van der Waals surface area contributed by atoms with E-state index in [1.165, 1.54) is 82.3 Å². The second-order valence-electron chi connectivity index (χ2n) is 14.4. The summed E-state index contributed by atoms with van der Waals surface area (Å²) in [6.45, 7) is 13.8. The zero-order valence-corrected chi connectivity index (χ0v) is 32.5. The first-order chi connectivity index (χ1) is 22.3. The fourth-order valence-corrected chi connectivity index (χ4v) is 13.9. The second-order valence-corrected chi connectivity index (χ2v) is 22.7. The van der Waals surface area contributed by atoms with Crippen LogP contribution < -0.4 is 0 Å². The van der Waals surface area contributed by atoms with E-state index in [-0.39, 0.29) is 0 Å². The van der Waals surface area contributed by atoms with Gasteiger partial charge < -0.3 is 0 Å². The molecule has 2 heteroatoms. The molecule has 4 aromatic rings. The Morgan fingerprint density at radius 2 is 0.957 bits per heavy atom. The molecule has 0 saturated heterocycles. The molecule has 0 fully saturated rings. The van der Waals surface area contributed by atoms with Crippen molar-refractivity contribution in [3.8, 4) is 22.3 Å². The fraction of sp³-hybridized carbons (Fsp3) is 0.364. The van der Waals surface area contributed by atoms with Crippen LogP contribution in [0, 0.1) is 0 Å². The molecular weight excluding hydrogens is 648 g/mol. The molecule has 0 aromatic heterocycles. The fourth-order valence-electron chi connectivity index (χ4n) is 7.96. The van der Waals surface area contributed by atoms with Crippen LogP contribution in [0.2, 0.25) is 12.1 Å². The molecule has 0 amide bonds. The number of benzene rings is 4. The summed E-state index contributed by atoms with van der Waals surface area (Å²) in [5, 5.41) is 0. The van der Waals surface area contributed by atoms with Crippen LogP contribution in [0.25, 0.3) is 34.4 Å². The third-order valence-electron chi connectivity index (χ3n) is 10.5. The monoisotopic (exact) mass is 697 g/mol. The van der Waals surface area contributed by atoms with Gasteiger partial charge in [-0.1, -0.05) is 0 Å². The van der Waals surface area contributed by atoms with Crippen molar-refractivity contribution in [3.63, 3.8) is 0 Å². The third-order valence-corrected chi connectivity index (χ3v) is 16.0. The van der Waals surface area contributed by atoms with Gasteiger partial charge in [0.25, 0.3) is 0 Å². The Bertz CT molecular complexity index is 1590. The van der Waals surface area contributed by atoms with Crippen LogP contribution in [-0.2, 0) is 23.9 Å².